The predicted molar refractivity (Wildman–Crippen MR) is 136 cm³/mol. The van der Waals surface area contributed by atoms with Crippen molar-refractivity contribution < 1.29 is 9.90 Å². The van der Waals surface area contributed by atoms with Crippen molar-refractivity contribution in [2.45, 2.75) is 30.8 Å². The largest absolute Gasteiger partial charge is 0.387 e. The zero-order valence-corrected chi connectivity index (χ0v) is 19.2. The van der Waals surface area contributed by atoms with Crippen LogP contribution in [-0.2, 0) is 16.6 Å². The molecule has 34 heavy (non-hydrogen) atoms. The molecule has 3 heteroatoms. The summed E-state index contributed by atoms with van der Waals surface area (Å²) >= 11 is 0. The van der Waals surface area contributed by atoms with Gasteiger partial charge in [-0.1, -0.05) is 109 Å². The Morgan fingerprint density at radius 2 is 1.26 bits per heavy atom. The van der Waals surface area contributed by atoms with Gasteiger partial charge in [0.15, 0.2) is 0 Å². The van der Waals surface area contributed by atoms with Crippen molar-refractivity contribution in [3.05, 3.63) is 131 Å². The van der Waals surface area contributed by atoms with Crippen molar-refractivity contribution >= 4 is 5.91 Å². The Morgan fingerprint density at radius 3 is 1.88 bits per heavy atom. The van der Waals surface area contributed by atoms with Gasteiger partial charge in [-0.2, -0.15) is 0 Å². The number of fused-ring (bicyclic) bond motifs is 3. The number of amides is 1. The van der Waals surface area contributed by atoms with Crippen LogP contribution < -0.4 is 5.32 Å². The summed E-state index contributed by atoms with van der Waals surface area (Å²) in [4.78, 5) is 14.0. The van der Waals surface area contributed by atoms with E-state index in [0.717, 1.165) is 40.7 Å². The molecule has 1 unspecified atom stereocenters. The van der Waals surface area contributed by atoms with E-state index in [1.165, 1.54) is 5.56 Å². The van der Waals surface area contributed by atoms with Crippen LogP contribution in [0.1, 0.15) is 41.2 Å². The Bertz CT molecular complexity index is 1220. The second kappa shape index (κ2) is 9.66. The molecular weight excluding hydrogens is 418 g/mol. The van der Waals surface area contributed by atoms with Crippen molar-refractivity contribution in [3.8, 4) is 11.1 Å². The number of aliphatic hydroxyl groups is 1. The monoisotopic (exact) mass is 447 g/mol. The molecule has 4 aromatic carbocycles. The highest BCUT2D eigenvalue weighted by Gasteiger charge is 2.48. The number of benzene rings is 4. The average molecular weight is 448 g/mol. The maximum Gasteiger partial charge on any atom is 0.235 e. The van der Waals surface area contributed by atoms with E-state index in [1.807, 2.05) is 60.7 Å². The fourth-order valence-corrected chi connectivity index (χ4v) is 5.29. The zero-order chi connectivity index (χ0) is 23.4. The van der Waals surface area contributed by atoms with Gasteiger partial charge in [0.05, 0.1) is 6.10 Å². The predicted octanol–water partition coefficient (Wildman–Crippen LogP) is 5.83. The lowest BCUT2D eigenvalue weighted by atomic mass is 9.73. The van der Waals surface area contributed by atoms with Crippen molar-refractivity contribution in [1.29, 1.82) is 0 Å². The van der Waals surface area contributed by atoms with Crippen LogP contribution in [0.3, 0.4) is 0 Å². The summed E-state index contributed by atoms with van der Waals surface area (Å²) in [6.45, 7) is 0.174. The molecule has 2 N–H and O–H groups in total. The molecule has 1 amide bonds. The highest BCUT2D eigenvalue weighted by atomic mass is 16.3. The Morgan fingerprint density at radius 1 is 0.735 bits per heavy atom. The second-order valence-corrected chi connectivity index (χ2v) is 8.97. The first kappa shape index (κ1) is 22.1. The summed E-state index contributed by atoms with van der Waals surface area (Å²) in [6, 6.07) is 36.4. The number of aryl methyl sites for hydroxylation is 1. The third kappa shape index (κ3) is 4.04. The molecule has 0 aliphatic heterocycles. The van der Waals surface area contributed by atoms with Crippen molar-refractivity contribution in [3.63, 3.8) is 0 Å². The number of rotatable bonds is 8. The smallest absolute Gasteiger partial charge is 0.235 e. The summed E-state index contributed by atoms with van der Waals surface area (Å²) in [5.41, 5.74) is 5.64. The van der Waals surface area contributed by atoms with E-state index in [-0.39, 0.29) is 12.5 Å². The molecule has 0 radical (unpaired) electrons. The average Bonchev–Trinajstić information content (AvgIpc) is 3.19. The van der Waals surface area contributed by atoms with Crippen LogP contribution in [0.5, 0.6) is 0 Å². The summed E-state index contributed by atoms with van der Waals surface area (Å²) in [6.07, 6.45) is 1.73. The van der Waals surface area contributed by atoms with Crippen LogP contribution in [0.4, 0.5) is 0 Å². The fraction of sp³-hybridized carbons (Fsp3) is 0.194. The molecule has 0 saturated heterocycles. The van der Waals surface area contributed by atoms with Crippen molar-refractivity contribution in [2.24, 2.45) is 0 Å². The summed E-state index contributed by atoms with van der Waals surface area (Å²) in [7, 11) is 0. The molecule has 0 aromatic heterocycles. The van der Waals surface area contributed by atoms with Gasteiger partial charge < -0.3 is 10.4 Å². The number of carbonyl (C=O) groups is 1. The highest BCUT2D eigenvalue weighted by molar-refractivity contribution is 6.00. The number of hydrogen-bond donors (Lipinski definition) is 2. The first-order chi connectivity index (χ1) is 16.7. The molecule has 170 valence electrons. The van der Waals surface area contributed by atoms with Gasteiger partial charge in [0, 0.05) is 6.54 Å². The van der Waals surface area contributed by atoms with E-state index in [9.17, 15) is 9.90 Å². The van der Waals surface area contributed by atoms with Crippen LogP contribution in [-0.4, -0.2) is 17.6 Å². The molecule has 3 nitrogen and oxygen atoms in total. The molecular formula is C31H29NO2. The molecule has 1 aliphatic rings. The molecule has 0 fully saturated rings. The van der Waals surface area contributed by atoms with Gasteiger partial charge in [-0.15, -0.1) is 0 Å². The first-order valence-electron chi connectivity index (χ1n) is 11.9. The van der Waals surface area contributed by atoms with E-state index in [4.69, 9.17) is 0 Å². The van der Waals surface area contributed by atoms with Gasteiger partial charge >= 0.3 is 0 Å². The molecule has 1 atom stereocenters. The molecule has 0 heterocycles. The number of nitrogens with one attached hydrogen (secondary N) is 1. The van der Waals surface area contributed by atoms with Crippen molar-refractivity contribution in [2.75, 3.05) is 6.54 Å². The molecule has 4 aromatic rings. The minimum absolute atomic E-state index is 0.0482. The lowest BCUT2D eigenvalue weighted by Gasteiger charge is -2.31. The maximum absolute atomic E-state index is 14.0. The zero-order valence-electron chi connectivity index (χ0n) is 19.2. The quantitative estimate of drug-likeness (QED) is 0.357. The minimum atomic E-state index is -0.779. The second-order valence-electron chi connectivity index (χ2n) is 8.97. The third-order valence-corrected chi connectivity index (χ3v) is 6.95. The topological polar surface area (TPSA) is 49.3 Å². The van der Waals surface area contributed by atoms with E-state index >= 15 is 0 Å². The third-order valence-electron chi connectivity index (χ3n) is 6.95. The molecule has 0 spiro atoms. The normalized spacial score (nSPS) is 14.1. The molecule has 0 bridgehead atoms. The van der Waals surface area contributed by atoms with E-state index in [0.29, 0.717) is 6.42 Å². The SMILES string of the molecule is O=C(NCC(O)c1ccccc1)C1(CCCc2ccccc2)c2ccccc2-c2ccccc21. The van der Waals surface area contributed by atoms with Crippen LogP contribution in [0.15, 0.2) is 109 Å². The van der Waals surface area contributed by atoms with E-state index in [2.05, 4.69) is 53.8 Å². The lowest BCUT2D eigenvalue weighted by Crippen LogP contribution is -2.45. The first-order valence-corrected chi connectivity index (χ1v) is 11.9. The lowest BCUT2D eigenvalue weighted by molar-refractivity contribution is -0.126. The van der Waals surface area contributed by atoms with Gasteiger partial charge in [0.25, 0.3) is 0 Å². The van der Waals surface area contributed by atoms with Crippen molar-refractivity contribution in [1.82, 2.24) is 5.32 Å². The highest BCUT2D eigenvalue weighted by Crippen LogP contribution is 2.51. The standard InChI is InChI=1S/C31H29NO2/c33-29(24-15-5-2-6-16-24)22-32-30(34)31(21-11-14-23-12-3-1-4-13-23)27-19-9-7-17-25(27)26-18-8-10-20-28(26)31/h1-10,12-13,15-20,29,33H,11,14,21-22H2,(H,32,34). The molecule has 1 aliphatic carbocycles. The fourth-order valence-electron chi connectivity index (χ4n) is 5.29. The Kier molecular flexibility index (Phi) is 6.29. The van der Waals surface area contributed by atoms with E-state index in [1.54, 1.807) is 0 Å². The Balaban J connectivity index is 1.47. The number of carbonyl (C=O) groups excluding carboxylic acids is 1. The molecule has 0 saturated carbocycles. The van der Waals surface area contributed by atoms with Gasteiger partial charge in [0.1, 0.15) is 5.41 Å². The maximum atomic E-state index is 14.0. The van der Waals surface area contributed by atoms with Gasteiger partial charge in [-0.05, 0) is 52.6 Å². The summed E-state index contributed by atoms with van der Waals surface area (Å²) in [5.74, 6) is -0.0482. The van der Waals surface area contributed by atoms with Crippen LogP contribution in [0.2, 0.25) is 0 Å². The molecule has 5 rings (SSSR count). The van der Waals surface area contributed by atoms with E-state index < -0.39 is 11.5 Å². The van der Waals surface area contributed by atoms with Crippen LogP contribution in [0.25, 0.3) is 11.1 Å². The van der Waals surface area contributed by atoms with Crippen LogP contribution in [0, 0.1) is 0 Å². The summed E-state index contributed by atoms with van der Waals surface area (Å²) in [5, 5.41) is 13.8. The Hall–Kier alpha value is -3.69. The van der Waals surface area contributed by atoms with Gasteiger partial charge in [-0.25, -0.2) is 0 Å². The van der Waals surface area contributed by atoms with Gasteiger partial charge in [-0.3, -0.25) is 4.79 Å². The number of aliphatic hydroxyl groups excluding tert-OH is 1. The van der Waals surface area contributed by atoms with Crippen LogP contribution >= 0.6 is 0 Å². The summed E-state index contributed by atoms with van der Waals surface area (Å²) < 4.78 is 0. The minimum Gasteiger partial charge on any atom is -0.387 e. The van der Waals surface area contributed by atoms with Gasteiger partial charge in [0.2, 0.25) is 5.91 Å². The Labute approximate surface area is 201 Å². The number of hydrogen-bond acceptors (Lipinski definition) is 2.